The van der Waals surface area contributed by atoms with Gasteiger partial charge in [-0.25, -0.2) is 0 Å². The van der Waals surface area contributed by atoms with Crippen molar-refractivity contribution in [1.82, 2.24) is 10.3 Å². The lowest BCUT2D eigenvalue weighted by molar-refractivity contribution is 0.0918. The number of carbonyl (C=O) groups is 1. The Hall–Kier alpha value is -1.58. The molecule has 0 fully saturated rings. The van der Waals surface area contributed by atoms with E-state index in [0.29, 0.717) is 0 Å². The van der Waals surface area contributed by atoms with Crippen molar-refractivity contribution in [2.45, 2.75) is 53.0 Å². The van der Waals surface area contributed by atoms with Gasteiger partial charge in [0, 0.05) is 11.2 Å². The number of aromatic nitrogens is 1. The summed E-state index contributed by atoms with van der Waals surface area (Å²) in [6.45, 7) is 9.66. The maximum Gasteiger partial charge on any atom is 0.261 e. The van der Waals surface area contributed by atoms with Crippen LogP contribution in [0.2, 0.25) is 0 Å². The molecule has 0 radical (unpaired) electrons. The number of aromatic amines is 1. The van der Waals surface area contributed by atoms with Gasteiger partial charge in [0.25, 0.3) is 11.5 Å². The Bertz CT molecular complexity index is 495. The Morgan fingerprint density at radius 2 is 1.89 bits per heavy atom. The molecule has 18 heavy (non-hydrogen) atoms. The van der Waals surface area contributed by atoms with Gasteiger partial charge in [-0.1, -0.05) is 13.8 Å². The number of rotatable bonds is 3. The summed E-state index contributed by atoms with van der Waals surface area (Å²) in [6, 6.07) is 1.71. The number of carbonyl (C=O) groups excluding carboxylic acids is 1. The molecule has 0 saturated carbocycles. The van der Waals surface area contributed by atoms with Crippen molar-refractivity contribution in [3.05, 3.63) is 33.2 Å². The van der Waals surface area contributed by atoms with Crippen LogP contribution >= 0.6 is 0 Å². The summed E-state index contributed by atoms with van der Waals surface area (Å²) in [5.74, 6) is -0.318. The van der Waals surface area contributed by atoms with Crippen molar-refractivity contribution in [3.8, 4) is 0 Å². The standard InChI is InChI=1S/C14H22N2O2/c1-6-9-8-10(12(17)15-11(9)7-2)13(18)16-14(3,4)5/h8H,6-7H2,1-5H3,(H,15,17)(H,16,18). The van der Waals surface area contributed by atoms with Crippen LogP contribution in [0.1, 0.15) is 56.2 Å². The molecule has 1 aromatic heterocycles. The fraction of sp³-hybridized carbons (Fsp3) is 0.571. The van der Waals surface area contributed by atoms with E-state index >= 15 is 0 Å². The number of H-pyrrole nitrogens is 1. The highest BCUT2D eigenvalue weighted by atomic mass is 16.2. The second-order valence-electron chi connectivity index (χ2n) is 5.43. The van der Waals surface area contributed by atoms with Gasteiger partial charge in [-0.15, -0.1) is 0 Å². The molecular formula is C14H22N2O2. The molecule has 2 N–H and O–H groups in total. The molecule has 1 rings (SSSR count). The number of nitrogens with one attached hydrogen (secondary N) is 2. The highest BCUT2D eigenvalue weighted by Crippen LogP contribution is 2.09. The molecule has 1 heterocycles. The number of hydrogen-bond acceptors (Lipinski definition) is 2. The molecule has 0 aliphatic heterocycles. The van der Waals surface area contributed by atoms with Gasteiger partial charge in [0.1, 0.15) is 5.56 Å². The predicted octanol–water partition coefficient (Wildman–Crippen LogP) is 2.03. The van der Waals surface area contributed by atoms with Crippen LogP contribution in [-0.4, -0.2) is 16.4 Å². The van der Waals surface area contributed by atoms with Gasteiger partial charge in [-0.2, -0.15) is 0 Å². The normalized spacial score (nSPS) is 11.4. The third-order valence-corrected chi connectivity index (χ3v) is 2.68. The third-order valence-electron chi connectivity index (χ3n) is 2.68. The van der Waals surface area contributed by atoms with Gasteiger partial charge in [0.15, 0.2) is 0 Å². The Labute approximate surface area is 108 Å². The Morgan fingerprint density at radius 3 is 2.33 bits per heavy atom. The second kappa shape index (κ2) is 5.38. The van der Waals surface area contributed by atoms with Gasteiger partial charge in [0.05, 0.1) is 0 Å². The average Bonchev–Trinajstić information content (AvgIpc) is 2.26. The Morgan fingerprint density at radius 1 is 1.28 bits per heavy atom. The Kier molecular flexibility index (Phi) is 4.33. The lowest BCUT2D eigenvalue weighted by Gasteiger charge is -2.20. The highest BCUT2D eigenvalue weighted by molar-refractivity contribution is 5.94. The van der Waals surface area contributed by atoms with Gasteiger partial charge in [-0.05, 0) is 45.2 Å². The summed E-state index contributed by atoms with van der Waals surface area (Å²) in [6.07, 6.45) is 1.56. The van der Waals surface area contributed by atoms with E-state index in [0.717, 1.165) is 24.1 Å². The van der Waals surface area contributed by atoms with E-state index in [1.54, 1.807) is 6.07 Å². The minimum Gasteiger partial charge on any atom is -0.347 e. The molecule has 1 aromatic rings. The van der Waals surface area contributed by atoms with Crippen LogP contribution in [0.3, 0.4) is 0 Å². The molecule has 0 aliphatic carbocycles. The van der Waals surface area contributed by atoms with Crippen LogP contribution in [-0.2, 0) is 12.8 Å². The maximum absolute atomic E-state index is 12.0. The number of hydrogen-bond donors (Lipinski definition) is 2. The van der Waals surface area contributed by atoms with Crippen LogP contribution in [0.15, 0.2) is 10.9 Å². The quantitative estimate of drug-likeness (QED) is 0.862. The van der Waals surface area contributed by atoms with E-state index in [1.165, 1.54) is 0 Å². The molecule has 100 valence electrons. The van der Waals surface area contributed by atoms with Gasteiger partial charge in [-0.3, -0.25) is 9.59 Å². The first-order valence-corrected chi connectivity index (χ1v) is 6.36. The summed E-state index contributed by atoms with van der Waals surface area (Å²) in [7, 11) is 0. The van der Waals surface area contributed by atoms with Crippen molar-refractivity contribution in [2.75, 3.05) is 0 Å². The summed E-state index contributed by atoms with van der Waals surface area (Å²) >= 11 is 0. The van der Waals surface area contributed by atoms with E-state index < -0.39 is 0 Å². The molecule has 4 nitrogen and oxygen atoms in total. The molecule has 0 aliphatic rings. The summed E-state index contributed by atoms with van der Waals surface area (Å²) < 4.78 is 0. The molecule has 0 atom stereocenters. The zero-order valence-electron chi connectivity index (χ0n) is 11.8. The molecule has 0 saturated heterocycles. The zero-order chi connectivity index (χ0) is 13.9. The van der Waals surface area contributed by atoms with E-state index in [4.69, 9.17) is 0 Å². The summed E-state index contributed by atoms with van der Waals surface area (Å²) in [5, 5.41) is 2.81. The molecule has 4 heteroatoms. The fourth-order valence-electron chi connectivity index (χ4n) is 1.82. The average molecular weight is 250 g/mol. The smallest absolute Gasteiger partial charge is 0.261 e. The topological polar surface area (TPSA) is 62.0 Å². The SMILES string of the molecule is CCc1cc(C(=O)NC(C)(C)C)c(=O)[nH]c1CC. The first-order valence-electron chi connectivity index (χ1n) is 6.36. The minimum absolute atomic E-state index is 0.193. The third kappa shape index (κ3) is 3.45. The number of amides is 1. The molecular weight excluding hydrogens is 228 g/mol. The van der Waals surface area contributed by atoms with Crippen LogP contribution in [0, 0.1) is 0 Å². The van der Waals surface area contributed by atoms with Crippen LogP contribution < -0.4 is 10.9 Å². The predicted molar refractivity (Wildman–Crippen MR) is 73.0 cm³/mol. The van der Waals surface area contributed by atoms with Crippen molar-refractivity contribution >= 4 is 5.91 Å². The number of pyridine rings is 1. The van der Waals surface area contributed by atoms with Crippen LogP contribution in [0.4, 0.5) is 0 Å². The summed E-state index contributed by atoms with van der Waals surface area (Å²) in [4.78, 5) is 26.7. The number of aryl methyl sites for hydroxylation is 2. The monoisotopic (exact) mass is 250 g/mol. The maximum atomic E-state index is 12.0. The zero-order valence-corrected chi connectivity index (χ0v) is 11.8. The summed E-state index contributed by atoms with van der Waals surface area (Å²) in [5.41, 5.74) is 1.47. The second-order valence-corrected chi connectivity index (χ2v) is 5.43. The van der Waals surface area contributed by atoms with E-state index in [1.807, 2.05) is 34.6 Å². The lowest BCUT2D eigenvalue weighted by Crippen LogP contribution is -2.42. The first-order chi connectivity index (χ1) is 8.28. The first kappa shape index (κ1) is 14.5. The van der Waals surface area contributed by atoms with Crippen LogP contribution in [0.25, 0.3) is 0 Å². The molecule has 1 amide bonds. The molecule has 0 bridgehead atoms. The van der Waals surface area contributed by atoms with Gasteiger partial charge < -0.3 is 10.3 Å². The van der Waals surface area contributed by atoms with Crippen molar-refractivity contribution in [3.63, 3.8) is 0 Å². The highest BCUT2D eigenvalue weighted by Gasteiger charge is 2.18. The van der Waals surface area contributed by atoms with Crippen LogP contribution in [0.5, 0.6) is 0 Å². The molecule has 0 unspecified atom stereocenters. The Balaban J connectivity index is 3.18. The molecule has 0 spiro atoms. The van der Waals surface area contributed by atoms with E-state index in [9.17, 15) is 9.59 Å². The van der Waals surface area contributed by atoms with Crippen molar-refractivity contribution in [2.24, 2.45) is 0 Å². The van der Waals surface area contributed by atoms with E-state index in [2.05, 4.69) is 10.3 Å². The van der Waals surface area contributed by atoms with Gasteiger partial charge >= 0.3 is 0 Å². The van der Waals surface area contributed by atoms with Crippen molar-refractivity contribution < 1.29 is 4.79 Å². The largest absolute Gasteiger partial charge is 0.347 e. The van der Waals surface area contributed by atoms with Crippen molar-refractivity contribution in [1.29, 1.82) is 0 Å². The van der Waals surface area contributed by atoms with E-state index in [-0.39, 0.29) is 22.6 Å². The van der Waals surface area contributed by atoms with Gasteiger partial charge in [0.2, 0.25) is 0 Å². The minimum atomic E-state index is -0.348. The lowest BCUT2D eigenvalue weighted by atomic mass is 10.0. The molecule has 0 aromatic carbocycles. The fourth-order valence-corrected chi connectivity index (χ4v) is 1.82.